The van der Waals surface area contributed by atoms with Crippen molar-refractivity contribution in [2.75, 3.05) is 13.2 Å². The molecule has 126 valence electrons. The van der Waals surface area contributed by atoms with Crippen LogP contribution in [0.1, 0.15) is 44.7 Å². The number of carbonyl (C=O) groups excluding carboxylic acids is 2. The second-order valence-corrected chi connectivity index (χ2v) is 5.75. The zero-order valence-electron chi connectivity index (χ0n) is 13.7. The van der Waals surface area contributed by atoms with Crippen LogP contribution in [0, 0.1) is 0 Å². The quantitative estimate of drug-likeness (QED) is 0.751. The number of hydrogen-bond acceptors (Lipinski definition) is 3. The van der Waals surface area contributed by atoms with Crippen LogP contribution < -0.4 is 20.7 Å². The van der Waals surface area contributed by atoms with Gasteiger partial charge in [0.25, 0.3) is 0 Å². The summed E-state index contributed by atoms with van der Waals surface area (Å²) < 4.78 is 5.57. The third-order valence-electron chi connectivity index (χ3n) is 3.92. The Morgan fingerprint density at radius 3 is 2.91 bits per heavy atom. The van der Waals surface area contributed by atoms with Crippen LogP contribution in [-0.4, -0.2) is 31.1 Å². The van der Waals surface area contributed by atoms with E-state index in [4.69, 9.17) is 4.74 Å². The number of carbonyl (C=O) groups is 2. The number of urea groups is 1. The molecule has 1 aliphatic rings. The number of para-hydroxylation sites is 1. The second kappa shape index (κ2) is 8.41. The molecule has 2 rings (SSSR count). The van der Waals surface area contributed by atoms with Crippen molar-refractivity contribution in [3.63, 3.8) is 0 Å². The second-order valence-electron chi connectivity index (χ2n) is 5.75. The molecule has 0 saturated carbocycles. The lowest BCUT2D eigenvalue weighted by molar-refractivity contribution is -0.121. The Kier molecular flexibility index (Phi) is 6.26. The highest BCUT2D eigenvalue weighted by atomic mass is 16.5. The van der Waals surface area contributed by atoms with Gasteiger partial charge in [0.2, 0.25) is 5.91 Å². The molecule has 23 heavy (non-hydrogen) atoms. The van der Waals surface area contributed by atoms with Gasteiger partial charge in [-0.2, -0.15) is 0 Å². The smallest absolute Gasteiger partial charge is 0.315 e. The molecule has 1 aromatic carbocycles. The number of nitrogens with one attached hydrogen (secondary N) is 3. The highest BCUT2D eigenvalue weighted by Crippen LogP contribution is 2.31. The van der Waals surface area contributed by atoms with E-state index in [0.29, 0.717) is 13.2 Å². The molecular formula is C17H25N3O3. The van der Waals surface area contributed by atoms with Gasteiger partial charge in [0.15, 0.2) is 0 Å². The Labute approximate surface area is 137 Å². The van der Waals surface area contributed by atoms with Crippen LogP contribution in [0.2, 0.25) is 0 Å². The lowest BCUT2D eigenvalue weighted by atomic mass is 10.0. The molecule has 0 fully saturated rings. The SMILES string of the molecule is CC[C@@H](C)NC(=O)CCNC(=O)N[C@H]1CCOc2ccccc21. The summed E-state index contributed by atoms with van der Waals surface area (Å²) in [5.74, 6) is 0.771. The van der Waals surface area contributed by atoms with E-state index in [9.17, 15) is 9.59 Å². The first-order valence-corrected chi connectivity index (χ1v) is 8.15. The van der Waals surface area contributed by atoms with Crippen LogP contribution in [0.3, 0.4) is 0 Å². The zero-order valence-corrected chi connectivity index (χ0v) is 13.7. The van der Waals surface area contributed by atoms with E-state index in [2.05, 4.69) is 16.0 Å². The maximum atomic E-state index is 12.0. The molecule has 1 aliphatic heterocycles. The molecule has 2 atom stereocenters. The van der Waals surface area contributed by atoms with Gasteiger partial charge in [-0.3, -0.25) is 4.79 Å². The minimum Gasteiger partial charge on any atom is -0.493 e. The fourth-order valence-corrected chi connectivity index (χ4v) is 2.44. The number of fused-ring (bicyclic) bond motifs is 1. The van der Waals surface area contributed by atoms with Crippen LogP contribution in [0.4, 0.5) is 4.79 Å². The molecule has 0 unspecified atom stereocenters. The summed E-state index contributed by atoms with van der Waals surface area (Å²) in [5.41, 5.74) is 0.989. The first-order valence-electron chi connectivity index (χ1n) is 8.15. The van der Waals surface area contributed by atoms with Crippen molar-refractivity contribution >= 4 is 11.9 Å². The molecule has 0 aliphatic carbocycles. The van der Waals surface area contributed by atoms with Crippen molar-refractivity contribution < 1.29 is 14.3 Å². The zero-order chi connectivity index (χ0) is 16.7. The fourth-order valence-electron chi connectivity index (χ4n) is 2.44. The van der Waals surface area contributed by atoms with Gasteiger partial charge >= 0.3 is 6.03 Å². The molecule has 3 amide bonds. The van der Waals surface area contributed by atoms with Gasteiger partial charge in [0.05, 0.1) is 12.6 Å². The number of rotatable bonds is 6. The lowest BCUT2D eigenvalue weighted by Crippen LogP contribution is -2.41. The highest BCUT2D eigenvalue weighted by Gasteiger charge is 2.22. The van der Waals surface area contributed by atoms with Gasteiger partial charge in [-0.25, -0.2) is 4.79 Å². The van der Waals surface area contributed by atoms with E-state index in [1.165, 1.54) is 0 Å². The van der Waals surface area contributed by atoms with Gasteiger partial charge in [-0.05, 0) is 19.4 Å². The maximum Gasteiger partial charge on any atom is 0.315 e. The first-order chi connectivity index (χ1) is 11.1. The van der Waals surface area contributed by atoms with Crippen molar-refractivity contribution in [1.82, 2.24) is 16.0 Å². The summed E-state index contributed by atoms with van der Waals surface area (Å²) in [5, 5.41) is 8.54. The van der Waals surface area contributed by atoms with Crippen LogP contribution in [0.25, 0.3) is 0 Å². The van der Waals surface area contributed by atoms with Crippen molar-refractivity contribution in [1.29, 1.82) is 0 Å². The van der Waals surface area contributed by atoms with Crippen molar-refractivity contribution in [3.05, 3.63) is 29.8 Å². The minimum absolute atomic E-state index is 0.0453. The fraction of sp³-hybridized carbons (Fsp3) is 0.529. The molecule has 0 radical (unpaired) electrons. The third kappa shape index (κ3) is 5.16. The molecule has 1 heterocycles. The Hall–Kier alpha value is -2.24. The molecule has 0 spiro atoms. The molecule has 0 saturated heterocycles. The average Bonchev–Trinajstić information content (AvgIpc) is 2.55. The third-order valence-corrected chi connectivity index (χ3v) is 3.92. The number of ether oxygens (including phenoxy) is 1. The van der Waals surface area contributed by atoms with Gasteiger partial charge in [-0.15, -0.1) is 0 Å². The summed E-state index contributed by atoms with van der Waals surface area (Å²) in [6, 6.07) is 7.54. The van der Waals surface area contributed by atoms with Gasteiger partial charge in [0.1, 0.15) is 5.75 Å². The average molecular weight is 319 g/mol. The van der Waals surface area contributed by atoms with Crippen molar-refractivity contribution in [2.24, 2.45) is 0 Å². The normalized spacial score (nSPS) is 17.4. The summed E-state index contributed by atoms with van der Waals surface area (Å²) >= 11 is 0. The van der Waals surface area contributed by atoms with Crippen LogP contribution in [0.15, 0.2) is 24.3 Å². The van der Waals surface area contributed by atoms with E-state index in [-0.39, 0.29) is 30.4 Å². The van der Waals surface area contributed by atoms with Gasteiger partial charge in [-0.1, -0.05) is 25.1 Å². The van der Waals surface area contributed by atoms with Crippen molar-refractivity contribution in [3.8, 4) is 5.75 Å². The summed E-state index contributed by atoms with van der Waals surface area (Å²) in [6.07, 6.45) is 1.91. The predicted octanol–water partition coefficient (Wildman–Crippen LogP) is 2.11. The molecule has 6 heteroatoms. The Bertz CT molecular complexity index is 548. The Morgan fingerprint density at radius 1 is 1.35 bits per heavy atom. The molecule has 3 N–H and O–H groups in total. The predicted molar refractivity (Wildman–Crippen MR) is 88.3 cm³/mol. The maximum absolute atomic E-state index is 12.0. The summed E-state index contributed by atoms with van der Waals surface area (Å²) in [6.45, 7) is 4.88. The summed E-state index contributed by atoms with van der Waals surface area (Å²) in [4.78, 5) is 23.6. The van der Waals surface area contributed by atoms with Gasteiger partial charge in [0, 0.05) is 31.0 Å². The Morgan fingerprint density at radius 2 is 2.13 bits per heavy atom. The van der Waals surface area contributed by atoms with Crippen LogP contribution >= 0.6 is 0 Å². The van der Waals surface area contributed by atoms with E-state index >= 15 is 0 Å². The van der Waals surface area contributed by atoms with Crippen LogP contribution in [0.5, 0.6) is 5.75 Å². The highest BCUT2D eigenvalue weighted by molar-refractivity contribution is 5.78. The largest absolute Gasteiger partial charge is 0.493 e. The van der Waals surface area contributed by atoms with E-state index in [1.54, 1.807) is 0 Å². The standard InChI is InChI=1S/C17H25N3O3/c1-3-12(2)19-16(21)8-10-18-17(22)20-14-9-11-23-15-7-5-4-6-13(14)15/h4-7,12,14H,3,8-11H2,1-2H3,(H,19,21)(H2,18,20,22)/t12-,14+/m1/s1. The molecule has 0 aromatic heterocycles. The number of hydrogen-bond donors (Lipinski definition) is 3. The van der Waals surface area contributed by atoms with Crippen LogP contribution in [-0.2, 0) is 4.79 Å². The van der Waals surface area contributed by atoms with E-state index in [1.807, 2.05) is 38.1 Å². The molecule has 1 aromatic rings. The van der Waals surface area contributed by atoms with E-state index < -0.39 is 0 Å². The lowest BCUT2D eigenvalue weighted by Gasteiger charge is -2.26. The van der Waals surface area contributed by atoms with Gasteiger partial charge < -0.3 is 20.7 Å². The first kappa shape index (κ1) is 17.1. The molecular weight excluding hydrogens is 294 g/mol. The Balaban J connectivity index is 1.75. The topological polar surface area (TPSA) is 79.5 Å². The number of benzene rings is 1. The molecule has 0 bridgehead atoms. The monoisotopic (exact) mass is 319 g/mol. The molecule has 6 nitrogen and oxygen atoms in total. The number of amides is 3. The minimum atomic E-state index is -0.261. The van der Waals surface area contributed by atoms with E-state index in [0.717, 1.165) is 24.2 Å². The van der Waals surface area contributed by atoms with Crippen molar-refractivity contribution in [2.45, 2.75) is 45.2 Å². The summed E-state index contributed by atoms with van der Waals surface area (Å²) in [7, 11) is 0.